The summed E-state index contributed by atoms with van der Waals surface area (Å²) in [6, 6.07) is 6.42. The molecule has 156 valence electrons. The molecule has 1 aromatic heterocycles. The molecule has 0 radical (unpaired) electrons. The molecule has 3 heterocycles. The second kappa shape index (κ2) is 9.05. The predicted octanol–water partition coefficient (Wildman–Crippen LogP) is 3.04. The molecule has 0 saturated carbocycles. The van der Waals surface area contributed by atoms with E-state index < -0.39 is 0 Å². The largest absolute Gasteiger partial charge is 0.383 e. The Labute approximate surface area is 170 Å². The number of halogens is 1. The van der Waals surface area contributed by atoms with Crippen LogP contribution in [0.3, 0.4) is 0 Å². The first kappa shape index (κ1) is 20.0. The van der Waals surface area contributed by atoms with E-state index in [0.29, 0.717) is 38.5 Å². The molecule has 2 aliphatic rings. The summed E-state index contributed by atoms with van der Waals surface area (Å²) in [5, 5.41) is 4.90. The summed E-state index contributed by atoms with van der Waals surface area (Å²) >= 11 is 0. The number of carbonyl (C=O) groups is 1. The summed E-state index contributed by atoms with van der Waals surface area (Å²) in [7, 11) is 1.68. The molecule has 2 aliphatic heterocycles. The van der Waals surface area contributed by atoms with Gasteiger partial charge >= 0.3 is 0 Å². The molecule has 0 spiro atoms. The third kappa shape index (κ3) is 4.21. The quantitative estimate of drug-likeness (QED) is 0.747. The fourth-order valence-corrected chi connectivity index (χ4v) is 4.39. The maximum Gasteiger partial charge on any atom is 0.227 e. The lowest BCUT2D eigenvalue weighted by molar-refractivity contribution is -0.134. The number of ether oxygens (including phenoxy) is 2. The van der Waals surface area contributed by atoms with Gasteiger partial charge in [-0.05, 0) is 30.9 Å². The van der Waals surface area contributed by atoms with Crippen LogP contribution in [0, 0.1) is 5.82 Å². The van der Waals surface area contributed by atoms with E-state index in [-0.39, 0.29) is 24.2 Å². The molecule has 2 aromatic rings. The number of hydrogen-bond donors (Lipinski definition) is 0. The van der Waals surface area contributed by atoms with Crippen molar-refractivity contribution in [1.29, 1.82) is 0 Å². The number of methoxy groups -OCH3 is 1. The zero-order valence-corrected chi connectivity index (χ0v) is 16.9. The standard InChI is InChI=1S/C22H28FN3O3/c1-28-13-11-26-19-9-12-29-15-17(19)22(24-26)20-8-4-5-10-25(20)21(27)14-16-6-2-3-7-18(16)23/h2-3,6-7,20H,4-5,8-15H2,1H3. The Balaban J connectivity index is 1.61. The molecule has 29 heavy (non-hydrogen) atoms. The maximum absolute atomic E-state index is 14.1. The summed E-state index contributed by atoms with van der Waals surface area (Å²) in [6.07, 6.45) is 3.78. The predicted molar refractivity (Wildman–Crippen MR) is 106 cm³/mol. The van der Waals surface area contributed by atoms with Gasteiger partial charge in [-0.1, -0.05) is 18.2 Å². The number of hydrogen-bond acceptors (Lipinski definition) is 4. The van der Waals surface area contributed by atoms with Gasteiger partial charge in [0.15, 0.2) is 0 Å². The van der Waals surface area contributed by atoms with Gasteiger partial charge in [0.05, 0.1) is 44.5 Å². The van der Waals surface area contributed by atoms with Crippen LogP contribution in [-0.2, 0) is 40.3 Å². The van der Waals surface area contributed by atoms with E-state index in [4.69, 9.17) is 14.6 Å². The average Bonchev–Trinajstić information content (AvgIpc) is 3.12. The van der Waals surface area contributed by atoms with Gasteiger partial charge in [0.2, 0.25) is 5.91 Å². The summed E-state index contributed by atoms with van der Waals surface area (Å²) in [6.45, 7) is 3.18. The van der Waals surface area contributed by atoms with Gasteiger partial charge in [0.25, 0.3) is 0 Å². The van der Waals surface area contributed by atoms with Crippen molar-refractivity contribution in [3.05, 3.63) is 52.6 Å². The molecule has 1 amide bonds. The fraction of sp³-hybridized carbons (Fsp3) is 0.545. The van der Waals surface area contributed by atoms with Crippen LogP contribution in [0.5, 0.6) is 0 Å². The number of aromatic nitrogens is 2. The Hall–Kier alpha value is -2.25. The second-order valence-electron chi connectivity index (χ2n) is 7.70. The highest BCUT2D eigenvalue weighted by atomic mass is 19.1. The van der Waals surface area contributed by atoms with E-state index >= 15 is 0 Å². The van der Waals surface area contributed by atoms with Crippen molar-refractivity contribution in [2.45, 2.75) is 51.3 Å². The number of piperidine rings is 1. The van der Waals surface area contributed by atoms with Crippen molar-refractivity contribution in [3.8, 4) is 0 Å². The van der Waals surface area contributed by atoms with Crippen molar-refractivity contribution in [2.24, 2.45) is 0 Å². The number of carbonyl (C=O) groups excluding carboxylic acids is 1. The monoisotopic (exact) mass is 401 g/mol. The Morgan fingerprint density at radius 1 is 1.34 bits per heavy atom. The van der Waals surface area contributed by atoms with Gasteiger partial charge in [-0.15, -0.1) is 0 Å². The van der Waals surface area contributed by atoms with Crippen LogP contribution in [0.1, 0.15) is 47.8 Å². The molecule has 1 aromatic carbocycles. The highest BCUT2D eigenvalue weighted by molar-refractivity contribution is 5.79. The van der Waals surface area contributed by atoms with E-state index in [0.717, 1.165) is 36.9 Å². The van der Waals surface area contributed by atoms with Crippen LogP contribution < -0.4 is 0 Å². The minimum atomic E-state index is -0.330. The van der Waals surface area contributed by atoms with Gasteiger partial charge < -0.3 is 14.4 Å². The van der Waals surface area contributed by atoms with Crippen molar-refractivity contribution >= 4 is 5.91 Å². The Bertz CT molecular complexity index is 867. The first-order chi connectivity index (χ1) is 14.2. The number of rotatable bonds is 6. The number of likely N-dealkylation sites (tertiary alicyclic amines) is 1. The molecular formula is C22H28FN3O3. The maximum atomic E-state index is 14.1. The molecule has 1 saturated heterocycles. The topological polar surface area (TPSA) is 56.6 Å². The van der Waals surface area contributed by atoms with E-state index in [1.54, 1.807) is 25.3 Å². The first-order valence-electron chi connectivity index (χ1n) is 10.4. The molecule has 1 unspecified atom stereocenters. The van der Waals surface area contributed by atoms with Crippen molar-refractivity contribution < 1.29 is 18.7 Å². The Morgan fingerprint density at radius 3 is 3.03 bits per heavy atom. The Morgan fingerprint density at radius 2 is 2.21 bits per heavy atom. The lowest BCUT2D eigenvalue weighted by Gasteiger charge is -2.35. The molecule has 0 bridgehead atoms. The second-order valence-corrected chi connectivity index (χ2v) is 7.70. The molecule has 7 heteroatoms. The molecule has 4 rings (SSSR count). The van der Waals surface area contributed by atoms with Crippen LogP contribution in [0.2, 0.25) is 0 Å². The molecule has 0 aliphatic carbocycles. The van der Waals surface area contributed by atoms with E-state index in [9.17, 15) is 9.18 Å². The summed E-state index contributed by atoms with van der Waals surface area (Å²) in [5.41, 5.74) is 3.69. The highest BCUT2D eigenvalue weighted by Gasteiger charge is 2.34. The van der Waals surface area contributed by atoms with Gasteiger partial charge in [-0.3, -0.25) is 9.48 Å². The van der Waals surface area contributed by atoms with E-state index in [1.165, 1.54) is 11.8 Å². The molecule has 1 fully saturated rings. The summed E-state index contributed by atoms with van der Waals surface area (Å²) < 4.78 is 27.0. The number of fused-ring (bicyclic) bond motifs is 1. The van der Waals surface area contributed by atoms with Gasteiger partial charge in [-0.25, -0.2) is 4.39 Å². The van der Waals surface area contributed by atoms with Crippen LogP contribution >= 0.6 is 0 Å². The number of nitrogens with zero attached hydrogens (tertiary/aromatic N) is 3. The average molecular weight is 401 g/mol. The fourth-order valence-electron chi connectivity index (χ4n) is 4.39. The van der Waals surface area contributed by atoms with Crippen molar-refractivity contribution in [2.75, 3.05) is 26.9 Å². The lowest BCUT2D eigenvalue weighted by atomic mass is 9.94. The third-order valence-electron chi connectivity index (χ3n) is 5.87. The van der Waals surface area contributed by atoms with Gasteiger partial charge in [0, 0.05) is 31.3 Å². The van der Waals surface area contributed by atoms with E-state index in [1.807, 2.05) is 9.58 Å². The molecule has 6 nitrogen and oxygen atoms in total. The summed E-state index contributed by atoms with van der Waals surface area (Å²) in [4.78, 5) is 15.0. The van der Waals surface area contributed by atoms with Crippen LogP contribution in [0.4, 0.5) is 4.39 Å². The minimum Gasteiger partial charge on any atom is -0.383 e. The lowest BCUT2D eigenvalue weighted by Crippen LogP contribution is -2.40. The molecule has 0 N–H and O–H groups in total. The number of amides is 1. The Kier molecular flexibility index (Phi) is 6.25. The molecule has 1 atom stereocenters. The third-order valence-corrected chi connectivity index (χ3v) is 5.87. The van der Waals surface area contributed by atoms with Crippen LogP contribution in [0.25, 0.3) is 0 Å². The number of benzene rings is 1. The zero-order chi connectivity index (χ0) is 20.2. The SMILES string of the molecule is COCCn1nc(C2CCCCN2C(=O)Cc2ccccc2F)c2c1CCOC2. The highest BCUT2D eigenvalue weighted by Crippen LogP contribution is 2.35. The van der Waals surface area contributed by atoms with Crippen molar-refractivity contribution in [3.63, 3.8) is 0 Å². The minimum absolute atomic E-state index is 0.0447. The van der Waals surface area contributed by atoms with Gasteiger partial charge in [-0.2, -0.15) is 5.10 Å². The first-order valence-corrected chi connectivity index (χ1v) is 10.4. The van der Waals surface area contributed by atoms with Crippen LogP contribution in [-0.4, -0.2) is 47.5 Å². The smallest absolute Gasteiger partial charge is 0.227 e. The zero-order valence-electron chi connectivity index (χ0n) is 16.9. The van der Waals surface area contributed by atoms with E-state index in [2.05, 4.69) is 0 Å². The van der Waals surface area contributed by atoms with Crippen LogP contribution in [0.15, 0.2) is 24.3 Å². The van der Waals surface area contributed by atoms with Crippen molar-refractivity contribution in [1.82, 2.24) is 14.7 Å². The van der Waals surface area contributed by atoms with Gasteiger partial charge in [0.1, 0.15) is 5.82 Å². The molecular weight excluding hydrogens is 373 g/mol. The normalized spacial score (nSPS) is 19.2. The summed E-state index contributed by atoms with van der Waals surface area (Å²) in [5.74, 6) is -0.374.